The first-order valence-electron chi connectivity index (χ1n) is 13.7. The zero-order valence-electron chi connectivity index (χ0n) is 24.6. The Morgan fingerprint density at radius 3 is 1.21 bits per heavy atom. The third-order valence-electron chi connectivity index (χ3n) is 6.60. The number of carbonyl (C=O) groups excluding carboxylic acids is 2. The summed E-state index contributed by atoms with van der Waals surface area (Å²) in [5, 5.41) is 7.02. The first-order valence-corrected chi connectivity index (χ1v) is 13.7. The summed E-state index contributed by atoms with van der Waals surface area (Å²) in [6, 6.07) is 14.7. The molecule has 0 fully saturated rings. The van der Waals surface area contributed by atoms with E-state index in [2.05, 4.69) is 52.2 Å². The van der Waals surface area contributed by atoms with E-state index in [1.165, 1.54) is 0 Å². The third kappa shape index (κ3) is 11.0. The van der Waals surface area contributed by atoms with Gasteiger partial charge in [0.15, 0.2) is 11.6 Å². The Kier molecular flexibility index (Phi) is 12.0. The number of hydrogen-bond acceptors (Lipinski definition) is 6. The molecular weight excluding hydrogens is 476 g/mol. The van der Waals surface area contributed by atoms with Crippen LogP contribution in [0.2, 0.25) is 0 Å². The van der Waals surface area contributed by atoms with E-state index < -0.39 is 0 Å². The monoisotopic (exact) mass is 524 g/mol. The second-order valence-electron chi connectivity index (χ2n) is 12.1. The lowest BCUT2D eigenvalue weighted by Gasteiger charge is -2.26. The van der Waals surface area contributed by atoms with Gasteiger partial charge in [-0.2, -0.15) is 0 Å². The number of Topliss-reactive ketones (excluding diaryl/α,β-unsaturated/α-hetero) is 2. The first kappa shape index (κ1) is 31.5. The zero-order chi connectivity index (χ0) is 28.3. The maximum Gasteiger partial charge on any atom is 0.167 e. The van der Waals surface area contributed by atoms with Crippen LogP contribution >= 0.6 is 0 Å². The molecule has 0 spiro atoms. The van der Waals surface area contributed by atoms with Crippen LogP contribution in [0.25, 0.3) is 0 Å². The molecule has 6 heteroatoms. The van der Waals surface area contributed by atoms with Crippen molar-refractivity contribution in [3.05, 3.63) is 59.7 Å². The quantitative estimate of drug-likeness (QED) is 0.209. The molecule has 6 nitrogen and oxygen atoms in total. The lowest BCUT2D eigenvalue weighted by Crippen LogP contribution is -2.41. The smallest absolute Gasteiger partial charge is 0.167 e. The summed E-state index contributed by atoms with van der Waals surface area (Å²) in [7, 11) is 3.24. The Labute approximate surface area is 229 Å². The highest BCUT2D eigenvalue weighted by atomic mass is 16.5. The summed E-state index contributed by atoms with van der Waals surface area (Å²) in [6.07, 6.45) is 3.29. The molecular formula is C32H48N2O4. The van der Waals surface area contributed by atoms with Crippen LogP contribution in [0.15, 0.2) is 48.5 Å². The largest absolute Gasteiger partial charge is 0.497 e. The predicted octanol–water partition coefficient (Wildman–Crippen LogP) is 6.34. The van der Waals surface area contributed by atoms with E-state index in [9.17, 15) is 9.59 Å². The average Bonchev–Trinajstić information content (AvgIpc) is 2.88. The molecule has 2 atom stereocenters. The van der Waals surface area contributed by atoms with Crippen LogP contribution in [0.5, 0.6) is 11.5 Å². The molecule has 2 aromatic rings. The number of methoxy groups -OCH3 is 2. The fraction of sp³-hybridized carbons (Fsp3) is 0.562. The van der Waals surface area contributed by atoms with Crippen LogP contribution in [0.3, 0.4) is 0 Å². The Hall–Kier alpha value is -2.70. The summed E-state index contributed by atoms with van der Waals surface area (Å²) >= 11 is 0. The summed E-state index contributed by atoms with van der Waals surface area (Å²) in [4.78, 5) is 26.8. The van der Waals surface area contributed by atoms with Gasteiger partial charge in [-0.15, -0.1) is 0 Å². The van der Waals surface area contributed by atoms with Gasteiger partial charge in [-0.25, -0.2) is 0 Å². The highest BCUT2D eigenvalue weighted by molar-refractivity contribution is 5.98. The SMILES string of the molecule is COc1ccc(C(=O)[C@@H](CCCC[C@@H](CNC(C)(C)C)C(=O)c2ccc(OC)cc2)CNC(C)(C)C)cc1. The highest BCUT2D eigenvalue weighted by Crippen LogP contribution is 2.23. The van der Waals surface area contributed by atoms with E-state index >= 15 is 0 Å². The van der Waals surface area contributed by atoms with Gasteiger partial charge in [-0.05, 0) is 103 Å². The molecule has 0 bridgehead atoms. The Morgan fingerprint density at radius 2 is 0.947 bits per heavy atom. The van der Waals surface area contributed by atoms with Gasteiger partial charge in [0.1, 0.15) is 11.5 Å². The van der Waals surface area contributed by atoms with Gasteiger partial charge in [0, 0.05) is 47.1 Å². The number of carbonyl (C=O) groups is 2. The van der Waals surface area contributed by atoms with Crippen molar-refractivity contribution in [1.82, 2.24) is 10.6 Å². The number of rotatable bonds is 15. The maximum absolute atomic E-state index is 13.4. The predicted molar refractivity (Wildman–Crippen MR) is 156 cm³/mol. The summed E-state index contributed by atoms with van der Waals surface area (Å²) in [6.45, 7) is 13.9. The van der Waals surface area contributed by atoms with Gasteiger partial charge in [-0.1, -0.05) is 12.8 Å². The number of hydrogen-bond donors (Lipinski definition) is 2. The zero-order valence-corrected chi connectivity index (χ0v) is 24.6. The molecule has 210 valence electrons. The lowest BCUT2D eigenvalue weighted by atomic mass is 9.88. The minimum atomic E-state index is -0.133. The van der Waals surface area contributed by atoms with Crippen molar-refractivity contribution in [1.29, 1.82) is 0 Å². The Morgan fingerprint density at radius 1 is 0.632 bits per heavy atom. The van der Waals surface area contributed by atoms with Gasteiger partial charge in [0.05, 0.1) is 14.2 Å². The molecule has 0 aromatic heterocycles. The van der Waals surface area contributed by atoms with Crippen LogP contribution in [0, 0.1) is 11.8 Å². The van der Waals surface area contributed by atoms with Gasteiger partial charge >= 0.3 is 0 Å². The van der Waals surface area contributed by atoms with Gasteiger partial charge < -0.3 is 20.1 Å². The molecule has 0 saturated carbocycles. The van der Waals surface area contributed by atoms with Crippen molar-refractivity contribution in [3.8, 4) is 11.5 Å². The van der Waals surface area contributed by atoms with Crippen LogP contribution < -0.4 is 20.1 Å². The van der Waals surface area contributed by atoms with Crippen molar-refractivity contribution in [2.45, 2.75) is 78.3 Å². The minimum Gasteiger partial charge on any atom is -0.497 e. The molecule has 0 saturated heterocycles. The van der Waals surface area contributed by atoms with E-state index in [4.69, 9.17) is 9.47 Å². The van der Waals surface area contributed by atoms with Gasteiger partial charge in [-0.3, -0.25) is 9.59 Å². The molecule has 0 unspecified atom stereocenters. The highest BCUT2D eigenvalue weighted by Gasteiger charge is 2.25. The number of unbranched alkanes of at least 4 members (excludes halogenated alkanes) is 1. The molecule has 0 radical (unpaired) electrons. The molecule has 2 N–H and O–H groups in total. The number of benzene rings is 2. The van der Waals surface area contributed by atoms with Crippen LogP contribution in [-0.2, 0) is 0 Å². The molecule has 0 aliphatic heterocycles. The van der Waals surface area contributed by atoms with Gasteiger partial charge in [0.2, 0.25) is 0 Å². The number of nitrogens with one attached hydrogen (secondary N) is 2. The molecule has 0 aliphatic rings. The van der Waals surface area contributed by atoms with E-state index in [1.807, 2.05) is 48.5 Å². The lowest BCUT2D eigenvalue weighted by molar-refractivity contribution is 0.0886. The number of ketones is 2. The fourth-order valence-corrected chi connectivity index (χ4v) is 4.27. The van der Waals surface area contributed by atoms with Crippen LogP contribution in [0.4, 0.5) is 0 Å². The van der Waals surface area contributed by atoms with Gasteiger partial charge in [0.25, 0.3) is 0 Å². The molecule has 2 aromatic carbocycles. The molecule has 0 amide bonds. The first-order chi connectivity index (χ1) is 17.8. The normalized spacial score (nSPS) is 13.6. The third-order valence-corrected chi connectivity index (χ3v) is 6.60. The van der Waals surface area contributed by atoms with Crippen molar-refractivity contribution in [2.75, 3.05) is 27.3 Å². The number of ether oxygens (including phenoxy) is 2. The van der Waals surface area contributed by atoms with E-state index in [0.717, 1.165) is 37.2 Å². The van der Waals surface area contributed by atoms with Crippen molar-refractivity contribution < 1.29 is 19.1 Å². The second kappa shape index (κ2) is 14.5. The van der Waals surface area contributed by atoms with Crippen molar-refractivity contribution in [2.24, 2.45) is 11.8 Å². The van der Waals surface area contributed by atoms with Crippen molar-refractivity contribution >= 4 is 11.6 Å². The maximum atomic E-state index is 13.4. The molecule has 2 rings (SSSR count). The molecule has 38 heavy (non-hydrogen) atoms. The molecule has 0 heterocycles. The summed E-state index contributed by atoms with van der Waals surface area (Å²) in [5.74, 6) is 1.50. The van der Waals surface area contributed by atoms with Crippen LogP contribution in [0.1, 0.15) is 87.9 Å². The summed E-state index contributed by atoms with van der Waals surface area (Å²) in [5.41, 5.74) is 1.25. The minimum absolute atomic E-state index is 0.0764. The topological polar surface area (TPSA) is 76.7 Å². The van der Waals surface area contributed by atoms with E-state index in [-0.39, 0.29) is 34.5 Å². The van der Waals surface area contributed by atoms with E-state index in [1.54, 1.807) is 14.2 Å². The Bertz CT molecular complexity index is 918. The second-order valence-corrected chi connectivity index (χ2v) is 12.1. The average molecular weight is 525 g/mol. The Balaban J connectivity index is 2.06. The summed E-state index contributed by atoms with van der Waals surface area (Å²) < 4.78 is 10.5. The van der Waals surface area contributed by atoms with E-state index in [0.29, 0.717) is 24.2 Å². The fourth-order valence-electron chi connectivity index (χ4n) is 4.27. The van der Waals surface area contributed by atoms with Crippen LogP contribution in [-0.4, -0.2) is 50.0 Å². The molecule has 0 aliphatic carbocycles. The van der Waals surface area contributed by atoms with Crippen molar-refractivity contribution in [3.63, 3.8) is 0 Å². The standard InChI is InChI=1S/C32H48N2O4/c1-31(2,3)33-21-25(29(35)23-13-17-27(37-7)18-14-23)11-9-10-12-26(22-34-32(4,5)6)30(36)24-15-19-28(38-8)20-16-24/h13-20,25-26,33-34H,9-12,21-22H2,1-8H3/t25-,26-/m0/s1.